The number of amides is 1. The summed E-state index contributed by atoms with van der Waals surface area (Å²) in [5, 5.41) is 3.74. The lowest BCUT2D eigenvalue weighted by molar-refractivity contribution is -0.123. The van der Waals surface area contributed by atoms with Gasteiger partial charge in [0.05, 0.1) is 15.1 Å². The maximum atomic E-state index is 11.9. The fraction of sp³-hybridized carbons (Fsp3) is 0.235. The first-order valence-electron chi connectivity index (χ1n) is 7.17. The Morgan fingerprint density at radius 1 is 1.04 bits per heavy atom. The van der Waals surface area contributed by atoms with Crippen LogP contribution < -0.4 is 15.0 Å². The highest BCUT2D eigenvalue weighted by atomic mass is 35.5. The van der Waals surface area contributed by atoms with Gasteiger partial charge in [-0.1, -0.05) is 46.9 Å². The fourth-order valence-corrected chi connectivity index (χ4v) is 2.51. The standard InChI is InChI=1S/C17H17Cl3N2O2/c1-22(2)12-5-3-11(4-6-12)9-21-17(23)10-24-16-8-14(19)13(18)7-15(16)20/h3-8H,9-10H2,1-2H3,(H,21,23). The molecule has 0 spiro atoms. The zero-order valence-corrected chi connectivity index (χ0v) is 15.5. The molecule has 128 valence electrons. The molecule has 24 heavy (non-hydrogen) atoms. The van der Waals surface area contributed by atoms with Crippen LogP contribution in [0.5, 0.6) is 5.75 Å². The monoisotopic (exact) mass is 386 g/mol. The average Bonchev–Trinajstić information content (AvgIpc) is 2.55. The molecule has 2 aromatic rings. The molecule has 0 bridgehead atoms. The highest BCUT2D eigenvalue weighted by molar-refractivity contribution is 6.43. The summed E-state index contributed by atoms with van der Waals surface area (Å²) < 4.78 is 5.38. The number of hydrogen-bond acceptors (Lipinski definition) is 3. The second-order valence-electron chi connectivity index (χ2n) is 5.32. The van der Waals surface area contributed by atoms with E-state index < -0.39 is 0 Å². The third-order valence-electron chi connectivity index (χ3n) is 3.28. The topological polar surface area (TPSA) is 41.6 Å². The number of anilines is 1. The fourth-order valence-electron chi connectivity index (χ4n) is 1.92. The second kappa shape index (κ2) is 8.47. The molecule has 0 aliphatic heterocycles. The van der Waals surface area contributed by atoms with E-state index in [2.05, 4.69) is 5.32 Å². The lowest BCUT2D eigenvalue weighted by Crippen LogP contribution is -2.28. The highest BCUT2D eigenvalue weighted by Crippen LogP contribution is 2.33. The van der Waals surface area contributed by atoms with Crippen molar-refractivity contribution >= 4 is 46.4 Å². The predicted molar refractivity (Wildman–Crippen MR) is 99.6 cm³/mol. The quantitative estimate of drug-likeness (QED) is 0.747. The maximum absolute atomic E-state index is 11.9. The van der Waals surface area contributed by atoms with Crippen molar-refractivity contribution < 1.29 is 9.53 Å². The largest absolute Gasteiger partial charge is 0.482 e. The van der Waals surface area contributed by atoms with E-state index in [4.69, 9.17) is 39.5 Å². The van der Waals surface area contributed by atoms with Crippen molar-refractivity contribution in [2.75, 3.05) is 25.6 Å². The minimum atomic E-state index is -0.256. The van der Waals surface area contributed by atoms with Crippen LogP contribution in [0.25, 0.3) is 0 Å². The number of carbonyl (C=O) groups excluding carboxylic acids is 1. The zero-order valence-electron chi connectivity index (χ0n) is 13.3. The van der Waals surface area contributed by atoms with Gasteiger partial charge in [-0.25, -0.2) is 0 Å². The molecule has 1 N–H and O–H groups in total. The first-order valence-corrected chi connectivity index (χ1v) is 8.30. The normalized spacial score (nSPS) is 10.4. The first-order chi connectivity index (χ1) is 11.4. The molecule has 0 fully saturated rings. The third-order valence-corrected chi connectivity index (χ3v) is 4.29. The molecule has 7 heteroatoms. The summed E-state index contributed by atoms with van der Waals surface area (Å²) in [6, 6.07) is 10.9. The average molecular weight is 388 g/mol. The van der Waals surface area contributed by atoms with E-state index in [0.717, 1.165) is 11.3 Å². The van der Waals surface area contributed by atoms with E-state index in [1.54, 1.807) is 0 Å². The van der Waals surface area contributed by atoms with Gasteiger partial charge in [0.25, 0.3) is 5.91 Å². The molecule has 2 rings (SSSR count). The van der Waals surface area contributed by atoms with Gasteiger partial charge in [-0.05, 0) is 23.8 Å². The summed E-state index contributed by atoms with van der Waals surface area (Å²) in [4.78, 5) is 13.9. The number of rotatable bonds is 6. The Kier molecular flexibility index (Phi) is 6.60. The van der Waals surface area contributed by atoms with Gasteiger partial charge in [0.15, 0.2) is 6.61 Å². The molecular formula is C17H17Cl3N2O2. The molecule has 0 saturated carbocycles. The van der Waals surface area contributed by atoms with E-state index in [1.165, 1.54) is 12.1 Å². The number of carbonyl (C=O) groups is 1. The SMILES string of the molecule is CN(C)c1ccc(CNC(=O)COc2cc(Cl)c(Cl)cc2Cl)cc1. The van der Waals surface area contributed by atoms with Crippen LogP contribution in [0.15, 0.2) is 36.4 Å². The van der Waals surface area contributed by atoms with Crippen LogP contribution in [-0.4, -0.2) is 26.6 Å². The van der Waals surface area contributed by atoms with E-state index >= 15 is 0 Å². The summed E-state index contributed by atoms with van der Waals surface area (Å²) in [7, 11) is 3.95. The molecule has 0 radical (unpaired) electrons. The van der Waals surface area contributed by atoms with Crippen molar-refractivity contribution in [3.8, 4) is 5.75 Å². The maximum Gasteiger partial charge on any atom is 0.258 e. The Bertz CT molecular complexity index is 719. The minimum absolute atomic E-state index is 0.159. The molecule has 0 unspecified atom stereocenters. The molecule has 0 saturated heterocycles. The second-order valence-corrected chi connectivity index (χ2v) is 6.54. The molecule has 0 aromatic heterocycles. The van der Waals surface area contributed by atoms with Crippen LogP contribution in [0.1, 0.15) is 5.56 Å². The number of halogens is 3. The van der Waals surface area contributed by atoms with Crippen molar-refractivity contribution in [3.63, 3.8) is 0 Å². The van der Waals surface area contributed by atoms with E-state index in [1.807, 2.05) is 43.3 Å². The Hall–Kier alpha value is -1.62. The summed E-state index contributed by atoms with van der Waals surface area (Å²) in [5.41, 5.74) is 2.10. The van der Waals surface area contributed by atoms with Gasteiger partial charge >= 0.3 is 0 Å². The summed E-state index contributed by atoms with van der Waals surface area (Å²) in [5.74, 6) is 0.0605. The Morgan fingerprint density at radius 3 is 2.29 bits per heavy atom. The van der Waals surface area contributed by atoms with Crippen molar-refractivity contribution in [3.05, 3.63) is 57.0 Å². The Balaban J connectivity index is 1.84. The molecular weight excluding hydrogens is 371 g/mol. The smallest absolute Gasteiger partial charge is 0.258 e. The molecule has 0 atom stereocenters. The lowest BCUT2D eigenvalue weighted by atomic mass is 10.2. The molecule has 4 nitrogen and oxygen atoms in total. The lowest BCUT2D eigenvalue weighted by Gasteiger charge is -2.13. The Morgan fingerprint density at radius 2 is 1.67 bits per heavy atom. The minimum Gasteiger partial charge on any atom is -0.482 e. The number of ether oxygens (including phenoxy) is 1. The van der Waals surface area contributed by atoms with Gasteiger partial charge in [-0.15, -0.1) is 0 Å². The van der Waals surface area contributed by atoms with E-state index in [0.29, 0.717) is 27.4 Å². The zero-order chi connectivity index (χ0) is 17.7. The summed E-state index contributed by atoms with van der Waals surface area (Å²) in [6.45, 7) is 0.262. The van der Waals surface area contributed by atoms with E-state index in [9.17, 15) is 4.79 Å². The Labute approximate surface area is 156 Å². The van der Waals surface area contributed by atoms with Crippen LogP contribution in [0.2, 0.25) is 15.1 Å². The molecule has 0 heterocycles. The van der Waals surface area contributed by atoms with Gasteiger partial charge in [0.1, 0.15) is 5.75 Å². The number of nitrogens with zero attached hydrogens (tertiary/aromatic N) is 1. The van der Waals surface area contributed by atoms with Crippen LogP contribution in [0.4, 0.5) is 5.69 Å². The molecule has 0 aliphatic rings. The third kappa shape index (κ3) is 5.20. The van der Waals surface area contributed by atoms with Gasteiger partial charge in [0.2, 0.25) is 0 Å². The van der Waals surface area contributed by atoms with Crippen LogP contribution in [-0.2, 0) is 11.3 Å². The van der Waals surface area contributed by atoms with Crippen LogP contribution in [0.3, 0.4) is 0 Å². The molecule has 2 aromatic carbocycles. The first kappa shape index (κ1) is 18.7. The van der Waals surface area contributed by atoms with Crippen molar-refractivity contribution in [1.82, 2.24) is 5.32 Å². The highest BCUT2D eigenvalue weighted by Gasteiger charge is 2.09. The number of nitrogens with one attached hydrogen (secondary N) is 1. The van der Waals surface area contributed by atoms with Gasteiger partial charge < -0.3 is 15.0 Å². The van der Waals surface area contributed by atoms with E-state index in [-0.39, 0.29) is 12.5 Å². The van der Waals surface area contributed by atoms with Gasteiger partial charge in [0, 0.05) is 32.4 Å². The number of hydrogen-bond donors (Lipinski definition) is 1. The van der Waals surface area contributed by atoms with Crippen LogP contribution in [0, 0.1) is 0 Å². The summed E-state index contributed by atoms with van der Waals surface area (Å²) >= 11 is 17.7. The van der Waals surface area contributed by atoms with Gasteiger partial charge in [-0.2, -0.15) is 0 Å². The van der Waals surface area contributed by atoms with Crippen LogP contribution >= 0.6 is 34.8 Å². The van der Waals surface area contributed by atoms with Crippen molar-refractivity contribution in [1.29, 1.82) is 0 Å². The van der Waals surface area contributed by atoms with Crippen molar-refractivity contribution in [2.45, 2.75) is 6.54 Å². The number of benzene rings is 2. The predicted octanol–water partition coefficient (Wildman–Crippen LogP) is 4.41. The van der Waals surface area contributed by atoms with Crippen molar-refractivity contribution in [2.24, 2.45) is 0 Å². The molecule has 0 aliphatic carbocycles. The summed E-state index contributed by atoms with van der Waals surface area (Å²) in [6.07, 6.45) is 0. The molecule has 1 amide bonds. The van der Waals surface area contributed by atoms with Gasteiger partial charge in [-0.3, -0.25) is 4.79 Å².